The van der Waals surface area contributed by atoms with Gasteiger partial charge in [-0.1, -0.05) is 12.1 Å². The van der Waals surface area contributed by atoms with Gasteiger partial charge in [0.1, 0.15) is 26.4 Å². The lowest BCUT2D eigenvalue weighted by Gasteiger charge is -2.35. The first-order valence-electron chi connectivity index (χ1n) is 27.9. The molecule has 0 aliphatic carbocycles. The van der Waals surface area contributed by atoms with Crippen molar-refractivity contribution in [2.75, 3.05) is 104 Å². The molecule has 2 aromatic heterocycles. The molecule has 18 nitrogen and oxygen atoms in total. The number of hydrogen-bond acceptors (Lipinski definition) is 14. The molecule has 4 aromatic carbocycles. The van der Waals surface area contributed by atoms with E-state index in [9.17, 15) is 9.59 Å². The summed E-state index contributed by atoms with van der Waals surface area (Å²) in [7, 11) is 6.79. The summed E-state index contributed by atoms with van der Waals surface area (Å²) in [4.78, 5) is 24.0. The van der Waals surface area contributed by atoms with Crippen molar-refractivity contribution in [3.05, 3.63) is 120 Å². The van der Waals surface area contributed by atoms with Crippen LogP contribution in [0.1, 0.15) is 47.9 Å². The number of carboxylic acid groups (broad SMARTS) is 2. The number of aromatic nitrogens is 2. The molecule has 6 aromatic rings. The van der Waals surface area contributed by atoms with Crippen molar-refractivity contribution in [1.82, 2.24) is 19.8 Å². The van der Waals surface area contributed by atoms with Crippen LogP contribution in [0.15, 0.2) is 97.3 Å². The Morgan fingerprint density at radius 2 is 0.925 bits per heavy atom. The largest absolute Gasteiger partial charge is 0.493 e. The number of para-hydroxylation sites is 2. The van der Waals surface area contributed by atoms with Gasteiger partial charge < -0.3 is 77.7 Å². The van der Waals surface area contributed by atoms with E-state index in [-0.39, 0.29) is 0 Å². The van der Waals surface area contributed by atoms with Gasteiger partial charge in [-0.3, -0.25) is 0 Å². The average Bonchev–Trinajstić information content (AvgIpc) is 4.34. The number of aryl methyl sites for hydroxylation is 4. The molecule has 0 saturated carbocycles. The van der Waals surface area contributed by atoms with E-state index in [2.05, 4.69) is 103 Å². The smallest absolute Gasteiger partial charge is 0.328 e. The highest BCUT2D eigenvalue weighted by Gasteiger charge is 2.28. The Hall–Kier alpha value is -7.96. The van der Waals surface area contributed by atoms with E-state index in [1.807, 2.05) is 12.1 Å². The molecule has 8 heterocycles. The molecule has 2 fully saturated rings. The van der Waals surface area contributed by atoms with Crippen LogP contribution in [0.5, 0.6) is 46.0 Å². The number of methoxy groups -OCH3 is 4. The second-order valence-corrected chi connectivity index (χ2v) is 20.6. The van der Waals surface area contributed by atoms with Gasteiger partial charge in [-0.25, -0.2) is 9.59 Å². The minimum atomic E-state index is -1.26. The molecule has 4 N–H and O–H groups in total. The molecule has 0 bridgehead atoms. The number of fused-ring (bicyclic) bond motifs is 8. The lowest BCUT2D eigenvalue weighted by Crippen LogP contribution is -2.43. The van der Waals surface area contributed by atoms with Crippen LogP contribution in [0.3, 0.4) is 0 Å². The van der Waals surface area contributed by atoms with Gasteiger partial charge >= 0.3 is 11.9 Å². The summed E-state index contributed by atoms with van der Waals surface area (Å²) in [6.07, 6.45) is 14.4. The van der Waals surface area contributed by atoms with Crippen molar-refractivity contribution in [2.45, 2.75) is 76.5 Å². The molecule has 0 unspecified atom stereocenters. The standard InChI is InChI=1S/2C29H35N3O4.C4H4O4/c2*1-33-27-17-21-7-11-32-19-20(16-25(32)23(21)18-28(27)34-2)6-10-30-22-8-12-31(13-9-22)24-4-3-5-26-29(24)36-15-14-35-26;5-3(6)1-2-4(7)8/h2*3-5,16-19,22,30H,6-15H2,1-2H3;1-2H,(H,5,6)(H,7,8)/b;;2-1+. The zero-order valence-electron chi connectivity index (χ0n) is 46.3. The maximum absolute atomic E-state index is 9.55. The number of anilines is 2. The molecule has 0 amide bonds. The Bertz CT molecular complexity index is 2940. The second kappa shape index (κ2) is 25.9. The third kappa shape index (κ3) is 12.9. The predicted octanol–water partition coefficient (Wildman–Crippen LogP) is 8.31. The third-order valence-electron chi connectivity index (χ3n) is 15.7. The first-order valence-corrected chi connectivity index (χ1v) is 27.9. The molecule has 2 saturated heterocycles. The van der Waals surface area contributed by atoms with Gasteiger partial charge in [0.2, 0.25) is 0 Å². The van der Waals surface area contributed by atoms with Crippen molar-refractivity contribution in [3.8, 4) is 68.5 Å². The highest BCUT2D eigenvalue weighted by atomic mass is 16.6. The van der Waals surface area contributed by atoms with E-state index >= 15 is 0 Å². The Balaban J connectivity index is 0.000000159. The monoisotopic (exact) mass is 1090 g/mol. The molecule has 0 spiro atoms. The maximum Gasteiger partial charge on any atom is 0.328 e. The van der Waals surface area contributed by atoms with Crippen molar-refractivity contribution in [2.24, 2.45) is 0 Å². The first kappa shape index (κ1) is 55.4. The molecule has 6 aliphatic heterocycles. The zero-order valence-corrected chi connectivity index (χ0v) is 46.3. The summed E-state index contributed by atoms with van der Waals surface area (Å²) < 4.78 is 50.3. The number of rotatable bonds is 16. The van der Waals surface area contributed by atoms with Gasteiger partial charge in [0, 0.05) is 98.4 Å². The summed E-state index contributed by atoms with van der Waals surface area (Å²) in [5, 5.41) is 23.2. The number of hydrogen-bond donors (Lipinski definition) is 4. The van der Waals surface area contributed by atoms with Crippen LogP contribution in [0, 0.1) is 0 Å². The molecule has 0 radical (unpaired) electrons. The fraction of sp³-hybridized carbons (Fsp3) is 0.419. The highest BCUT2D eigenvalue weighted by molar-refractivity contribution is 5.89. The van der Waals surface area contributed by atoms with E-state index in [0.29, 0.717) is 50.7 Å². The number of carbonyl (C=O) groups is 2. The molecule has 6 aliphatic rings. The summed E-state index contributed by atoms with van der Waals surface area (Å²) in [6.45, 7) is 10.6. The van der Waals surface area contributed by atoms with Gasteiger partial charge in [0.25, 0.3) is 0 Å². The lowest BCUT2D eigenvalue weighted by atomic mass is 9.97. The number of aliphatic carboxylic acids is 2. The Kier molecular flexibility index (Phi) is 17.9. The first-order chi connectivity index (χ1) is 39.1. The van der Waals surface area contributed by atoms with Gasteiger partial charge in [-0.15, -0.1) is 0 Å². The van der Waals surface area contributed by atoms with Crippen molar-refractivity contribution in [1.29, 1.82) is 0 Å². The molecule has 0 atom stereocenters. The third-order valence-corrected chi connectivity index (χ3v) is 15.7. The van der Waals surface area contributed by atoms with E-state index in [0.717, 1.165) is 150 Å². The van der Waals surface area contributed by atoms with Gasteiger partial charge in [-0.05, 0) is 147 Å². The highest BCUT2D eigenvalue weighted by Crippen LogP contribution is 2.44. The van der Waals surface area contributed by atoms with Crippen LogP contribution in [-0.4, -0.2) is 138 Å². The van der Waals surface area contributed by atoms with Crippen molar-refractivity contribution in [3.63, 3.8) is 0 Å². The normalized spacial score (nSPS) is 16.1. The Morgan fingerprint density at radius 3 is 1.31 bits per heavy atom. The second-order valence-electron chi connectivity index (χ2n) is 20.6. The molecule has 12 rings (SSSR count). The molecule has 80 heavy (non-hydrogen) atoms. The maximum atomic E-state index is 9.55. The summed E-state index contributed by atoms with van der Waals surface area (Å²) in [6, 6.07) is 26.7. The quantitative estimate of drug-likeness (QED) is 0.0677. The Morgan fingerprint density at radius 1 is 0.537 bits per heavy atom. The van der Waals surface area contributed by atoms with E-state index in [1.54, 1.807) is 28.4 Å². The minimum Gasteiger partial charge on any atom is -0.493 e. The number of nitrogens with zero attached hydrogens (tertiary/aromatic N) is 4. The number of benzene rings is 4. The van der Waals surface area contributed by atoms with Gasteiger partial charge in [0.15, 0.2) is 46.0 Å². The van der Waals surface area contributed by atoms with Crippen molar-refractivity contribution >= 4 is 23.3 Å². The molecule has 424 valence electrons. The molecular formula is C62H74N6O12. The van der Waals surface area contributed by atoms with Crippen LogP contribution < -0.4 is 58.3 Å². The van der Waals surface area contributed by atoms with Crippen molar-refractivity contribution < 1.29 is 57.7 Å². The fourth-order valence-corrected chi connectivity index (χ4v) is 11.7. The number of carboxylic acids is 2. The average molecular weight is 1100 g/mol. The number of piperidine rings is 2. The summed E-state index contributed by atoms with van der Waals surface area (Å²) in [5.41, 5.74) is 12.8. The van der Waals surface area contributed by atoms with E-state index < -0.39 is 11.9 Å². The summed E-state index contributed by atoms with van der Waals surface area (Å²) >= 11 is 0. The SMILES string of the molecule is COc1cc2c(cc1OC)-c1cc(CCNC3CCN(c4cccc5c4OCCO5)CC3)cn1CC2.COc1cc2c(cc1OC)-c1cc(CCNC3CCN(c4cccc5c4OCCO5)CC3)cn1CC2.O=C(O)/C=C/C(=O)O. The molecule has 18 heteroatoms. The van der Waals surface area contributed by atoms with Gasteiger partial charge in [0.05, 0.1) is 39.8 Å². The van der Waals surface area contributed by atoms with E-state index in [1.165, 1.54) is 56.1 Å². The van der Waals surface area contributed by atoms with Crippen LogP contribution in [0.2, 0.25) is 0 Å². The van der Waals surface area contributed by atoms with Crippen LogP contribution in [0.4, 0.5) is 11.4 Å². The minimum absolute atomic E-state index is 0.549. The topological polar surface area (TPSA) is 189 Å². The Labute approximate surface area is 467 Å². The fourth-order valence-electron chi connectivity index (χ4n) is 11.7. The molecular weight excluding hydrogens is 1020 g/mol. The predicted molar refractivity (Wildman–Crippen MR) is 307 cm³/mol. The van der Waals surface area contributed by atoms with Crippen LogP contribution in [-0.2, 0) is 48.4 Å². The lowest BCUT2D eigenvalue weighted by molar-refractivity contribution is -0.134. The van der Waals surface area contributed by atoms with Gasteiger partial charge in [-0.2, -0.15) is 0 Å². The number of nitrogens with one attached hydrogen (secondary N) is 2. The van der Waals surface area contributed by atoms with Crippen LogP contribution >= 0.6 is 0 Å². The number of ether oxygens (including phenoxy) is 8. The summed E-state index contributed by atoms with van der Waals surface area (Å²) in [5.74, 6) is 4.23. The zero-order chi connectivity index (χ0) is 55.5. The van der Waals surface area contributed by atoms with E-state index in [4.69, 9.17) is 48.1 Å². The van der Waals surface area contributed by atoms with Crippen LogP contribution in [0.25, 0.3) is 22.5 Å².